The van der Waals surface area contributed by atoms with Crippen molar-refractivity contribution >= 4 is 17.4 Å². The van der Waals surface area contributed by atoms with Crippen molar-refractivity contribution in [2.75, 3.05) is 12.8 Å². The van der Waals surface area contributed by atoms with Crippen LogP contribution in [0.3, 0.4) is 0 Å². The van der Waals surface area contributed by atoms with Crippen molar-refractivity contribution in [3.8, 4) is 5.75 Å². The molecule has 0 aromatic heterocycles. The van der Waals surface area contributed by atoms with Crippen molar-refractivity contribution in [1.29, 1.82) is 0 Å². The number of anilines is 1. The Kier molecular flexibility index (Phi) is 4.27. The molecular formula is C14H13F2NOS. The summed E-state index contributed by atoms with van der Waals surface area (Å²) >= 11 is 1.33. The van der Waals surface area contributed by atoms with Crippen LogP contribution in [0, 0.1) is 11.6 Å². The van der Waals surface area contributed by atoms with Crippen LogP contribution < -0.4 is 10.5 Å². The number of nitrogen functional groups attached to an aromatic ring is 1. The Balaban J connectivity index is 2.10. The molecule has 5 heteroatoms. The third-order valence-corrected chi connectivity index (χ3v) is 3.57. The van der Waals surface area contributed by atoms with Crippen LogP contribution in [-0.2, 0) is 5.75 Å². The van der Waals surface area contributed by atoms with Gasteiger partial charge in [0.15, 0.2) is 0 Å². The van der Waals surface area contributed by atoms with Gasteiger partial charge in [-0.2, -0.15) is 0 Å². The van der Waals surface area contributed by atoms with Gasteiger partial charge in [0.1, 0.15) is 17.4 Å². The number of hydrogen-bond donors (Lipinski definition) is 1. The average molecular weight is 281 g/mol. The van der Waals surface area contributed by atoms with Crippen molar-refractivity contribution in [1.82, 2.24) is 0 Å². The van der Waals surface area contributed by atoms with Crippen LogP contribution in [0.5, 0.6) is 5.75 Å². The summed E-state index contributed by atoms with van der Waals surface area (Å²) in [7, 11) is 1.48. The van der Waals surface area contributed by atoms with Crippen molar-refractivity contribution in [2.24, 2.45) is 0 Å². The lowest BCUT2D eigenvalue weighted by molar-refractivity contribution is 0.411. The molecular weight excluding hydrogens is 268 g/mol. The van der Waals surface area contributed by atoms with Gasteiger partial charge in [0, 0.05) is 22.4 Å². The summed E-state index contributed by atoms with van der Waals surface area (Å²) in [5.74, 6) is 0.147. The highest BCUT2D eigenvalue weighted by Crippen LogP contribution is 2.27. The Morgan fingerprint density at radius 3 is 2.58 bits per heavy atom. The van der Waals surface area contributed by atoms with Gasteiger partial charge in [-0.3, -0.25) is 0 Å². The Labute approximate surface area is 114 Å². The number of rotatable bonds is 4. The zero-order valence-electron chi connectivity index (χ0n) is 10.3. The van der Waals surface area contributed by atoms with Crippen LogP contribution in [-0.4, -0.2) is 7.11 Å². The van der Waals surface area contributed by atoms with E-state index in [0.29, 0.717) is 27.6 Å². The maximum absolute atomic E-state index is 13.7. The van der Waals surface area contributed by atoms with E-state index < -0.39 is 5.82 Å². The molecule has 2 rings (SSSR count). The summed E-state index contributed by atoms with van der Waals surface area (Å²) in [5.41, 5.74) is 6.45. The standard InChI is InChI=1S/C14H13F2NOS/c1-18-12-3-2-9(14(16)7-12)8-19-13-5-10(15)4-11(17)6-13/h2-7H,8,17H2,1H3. The number of benzene rings is 2. The highest BCUT2D eigenvalue weighted by molar-refractivity contribution is 7.98. The fourth-order valence-corrected chi connectivity index (χ4v) is 2.57. The van der Waals surface area contributed by atoms with Crippen molar-refractivity contribution < 1.29 is 13.5 Å². The van der Waals surface area contributed by atoms with E-state index in [-0.39, 0.29) is 5.82 Å². The van der Waals surface area contributed by atoms with Gasteiger partial charge in [0.25, 0.3) is 0 Å². The normalized spacial score (nSPS) is 10.5. The smallest absolute Gasteiger partial charge is 0.130 e. The maximum atomic E-state index is 13.7. The SMILES string of the molecule is COc1ccc(CSc2cc(N)cc(F)c2)c(F)c1. The highest BCUT2D eigenvalue weighted by atomic mass is 32.2. The zero-order chi connectivity index (χ0) is 13.8. The minimum absolute atomic E-state index is 0.337. The van der Waals surface area contributed by atoms with Gasteiger partial charge in [0.2, 0.25) is 0 Å². The second-order valence-electron chi connectivity index (χ2n) is 3.97. The predicted octanol–water partition coefficient (Wildman–Crippen LogP) is 3.85. The Hall–Kier alpha value is -1.75. The average Bonchev–Trinajstić information content (AvgIpc) is 2.36. The first-order valence-corrected chi connectivity index (χ1v) is 6.58. The van der Waals surface area contributed by atoms with E-state index in [4.69, 9.17) is 10.5 Å². The fraction of sp³-hybridized carbons (Fsp3) is 0.143. The van der Waals surface area contributed by atoms with Gasteiger partial charge in [-0.15, -0.1) is 11.8 Å². The van der Waals surface area contributed by atoms with Crippen LogP contribution in [0.4, 0.5) is 14.5 Å². The monoisotopic (exact) mass is 281 g/mol. The van der Waals surface area contributed by atoms with E-state index in [9.17, 15) is 8.78 Å². The lowest BCUT2D eigenvalue weighted by Crippen LogP contribution is -1.91. The summed E-state index contributed by atoms with van der Waals surface area (Å²) in [6.07, 6.45) is 0. The fourth-order valence-electron chi connectivity index (χ4n) is 1.60. The summed E-state index contributed by atoms with van der Waals surface area (Å²) in [6, 6.07) is 8.97. The number of thioether (sulfide) groups is 1. The molecule has 0 atom stereocenters. The molecule has 19 heavy (non-hydrogen) atoms. The van der Waals surface area contributed by atoms with Crippen LogP contribution in [0.2, 0.25) is 0 Å². The Morgan fingerprint density at radius 2 is 1.95 bits per heavy atom. The van der Waals surface area contributed by atoms with Gasteiger partial charge in [0.05, 0.1) is 7.11 Å². The van der Waals surface area contributed by atoms with Gasteiger partial charge >= 0.3 is 0 Å². The lowest BCUT2D eigenvalue weighted by atomic mass is 10.2. The molecule has 0 heterocycles. The number of hydrogen-bond acceptors (Lipinski definition) is 3. The number of ether oxygens (including phenoxy) is 1. The second kappa shape index (κ2) is 5.93. The molecule has 0 spiro atoms. The summed E-state index contributed by atoms with van der Waals surface area (Å²) in [4.78, 5) is 0.674. The van der Waals surface area contributed by atoms with Crippen LogP contribution in [0.15, 0.2) is 41.3 Å². The number of methoxy groups -OCH3 is 1. The van der Waals surface area contributed by atoms with E-state index in [1.54, 1.807) is 18.2 Å². The maximum Gasteiger partial charge on any atom is 0.130 e. The molecule has 2 aromatic rings. The van der Waals surface area contributed by atoms with Crippen LogP contribution >= 0.6 is 11.8 Å². The van der Waals surface area contributed by atoms with Crippen molar-refractivity contribution in [3.63, 3.8) is 0 Å². The molecule has 0 aliphatic rings. The molecule has 0 saturated carbocycles. The minimum Gasteiger partial charge on any atom is -0.497 e. The molecule has 0 unspecified atom stereocenters. The largest absolute Gasteiger partial charge is 0.497 e. The van der Waals surface area contributed by atoms with Crippen molar-refractivity contribution in [3.05, 3.63) is 53.6 Å². The number of nitrogens with two attached hydrogens (primary N) is 1. The van der Waals surface area contributed by atoms with E-state index >= 15 is 0 Å². The van der Waals surface area contributed by atoms with Gasteiger partial charge in [-0.25, -0.2) is 8.78 Å². The third kappa shape index (κ3) is 3.61. The lowest BCUT2D eigenvalue weighted by Gasteiger charge is -2.06. The Morgan fingerprint density at radius 1 is 1.16 bits per heavy atom. The van der Waals surface area contributed by atoms with E-state index in [0.717, 1.165) is 0 Å². The molecule has 2 nitrogen and oxygen atoms in total. The molecule has 2 aromatic carbocycles. The summed E-state index contributed by atoms with van der Waals surface area (Å²) in [6.45, 7) is 0. The highest BCUT2D eigenvalue weighted by Gasteiger charge is 2.06. The molecule has 0 saturated heterocycles. The van der Waals surface area contributed by atoms with Crippen molar-refractivity contribution in [2.45, 2.75) is 10.6 Å². The van der Waals surface area contributed by atoms with Gasteiger partial charge in [-0.1, -0.05) is 6.07 Å². The first-order valence-electron chi connectivity index (χ1n) is 5.60. The molecule has 0 aliphatic heterocycles. The summed E-state index contributed by atoms with van der Waals surface area (Å²) < 4.78 is 31.8. The molecule has 0 bridgehead atoms. The first-order chi connectivity index (χ1) is 9.08. The van der Waals surface area contributed by atoms with Gasteiger partial charge in [-0.05, 0) is 29.8 Å². The van der Waals surface area contributed by atoms with Crippen LogP contribution in [0.1, 0.15) is 5.56 Å². The molecule has 100 valence electrons. The molecule has 0 radical (unpaired) electrons. The molecule has 2 N–H and O–H groups in total. The molecule has 0 aliphatic carbocycles. The Bertz CT molecular complexity index is 569. The third-order valence-electron chi connectivity index (χ3n) is 2.55. The second-order valence-corrected chi connectivity index (χ2v) is 5.02. The predicted molar refractivity (Wildman–Crippen MR) is 73.3 cm³/mol. The van der Waals surface area contributed by atoms with Crippen LogP contribution in [0.25, 0.3) is 0 Å². The summed E-state index contributed by atoms with van der Waals surface area (Å²) in [5, 5.41) is 0. The minimum atomic E-state index is -0.391. The quantitative estimate of drug-likeness (QED) is 0.683. The zero-order valence-corrected chi connectivity index (χ0v) is 11.1. The first kappa shape index (κ1) is 13.7. The molecule has 0 fully saturated rings. The number of halogens is 2. The van der Waals surface area contributed by atoms with E-state index in [1.807, 2.05) is 0 Å². The van der Waals surface area contributed by atoms with Gasteiger partial charge < -0.3 is 10.5 Å². The van der Waals surface area contributed by atoms with E-state index in [1.165, 1.54) is 37.1 Å². The topological polar surface area (TPSA) is 35.2 Å². The molecule has 0 amide bonds. The van der Waals surface area contributed by atoms with E-state index in [2.05, 4.69) is 0 Å².